The molecule has 1 fully saturated rings. The highest BCUT2D eigenvalue weighted by Gasteiger charge is 2.33. The molecule has 4 aromatic rings. The summed E-state index contributed by atoms with van der Waals surface area (Å²) in [5, 5.41) is 13.9. The monoisotopic (exact) mass is 484 g/mol. The highest BCUT2D eigenvalue weighted by Crippen LogP contribution is 2.35. The molecule has 2 aromatic heterocycles. The summed E-state index contributed by atoms with van der Waals surface area (Å²) >= 11 is 0. The third-order valence-electron chi connectivity index (χ3n) is 7.67. The van der Waals surface area contributed by atoms with Crippen molar-refractivity contribution in [2.24, 2.45) is 0 Å². The van der Waals surface area contributed by atoms with Gasteiger partial charge >= 0.3 is 0 Å². The molecule has 0 amide bonds. The lowest BCUT2D eigenvalue weighted by Crippen LogP contribution is -2.38. The lowest BCUT2D eigenvalue weighted by molar-refractivity contribution is 0.229. The quantitative estimate of drug-likeness (QED) is 0.433. The van der Waals surface area contributed by atoms with Gasteiger partial charge in [0.05, 0.1) is 11.6 Å². The second-order valence-corrected chi connectivity index (χ2v) is 9.90. The number of aromatic amines is 1. The molecule has 2 aliphatic rings. The number of rotatable bonds is 5. The summed E-state index contributed by atoms with van der Waals surface area (Å²) in [7, 11) is 0. The molecule has 8 heteroatoms. The fraction of sp³-hybridized carbons (Fsp3) is 0.357. The first-order chi connectivity index (χ1) is 17.6. The summed E-state index contributed by atoms with van der Waals surface area (Å²) < 4.78 is 15.4. The van der Waals surface area contributed by atoms with Gasteiger partial charge in [-0.1, -0.05) is 49.2 Å². The van der Waals surface area contributed by atoms with E-state index >= 15 is 0 Å². The first-order valence-corrected chi connectivity index (χ1v) is 12.7. The van der Waals surface area contributed by atoms with E-state index in [1.807, 2.05) is 48.0 Å². The van der Waals surface area contributed by atoms with Crippen molar-refractivity contribution >= 4 is 16.5 Å². The van der Waals surface area contributed by atoms with E-state index in [9.17, 15) is 9.18 Å². The number of nitrogens with one attached hydrogen (secondary N) is 1. The number of aromatic nitrogens is 5. The van der Waals surface area contributed by atoms with E-state index in [2.05, 4.69) is 31.5 Å². The van der Waals surface area contributed by atoms with E-state index in [-0.39, 0.29) is 23.5 Å². The first-order valence-electron chi connectivity index (χ1n) is 12.7. The average Bonchev–Trinajstić information content (AvgIpc) is 3.59. The molecule has 7 nitrogen and oxygen atoms in total. The minimum atomic E-state index is -0.375. The van der Waals surface area contributed by atoms with Crippen molar-refractivity contribution in [2.75, 3.05) is 13.1 Å². The van der Waals surface area contributed by atoms with E-state index < -0.39 is 0 Å². The van der Waals surface area contributed by atoms with Crippen molar-refractivity contribution < 1.29 is 4.39 Å². The molecule has 1 aliphatic carbocycles. The van der Waals surface area contributed by atoms with E-state index in [1.165, 1.54) is 17.7 Å². The van der Waals surface area contributed by atoms with Crippen LogP contribution in [0.1, 0.15) is 66.7 Å². The minimum Gasteiger partial charge on any atom is -0.321 e. The molecular formula is C28H29FN6O. The molecule has 0 saturated heterocycles. The Morgan fingerprint density at radius 1 is 1.11 bits per heavy atom. The molecule has 1 atom stereocenters. The molecule has 36 heavy (non-hydrogen) atoms. The number of H-pyrrole nitrogens is 1. The van der Waals surface area contributed by atoms with Gasteiger partial charge in [0, 0.05) is 18.7 Å². The second kappa shape index (κ2) is 9.43. The van der Waals surface area contributed by atoms with E-state index in [0.29, 0.717) is 12.1 Å². The summed E-state index contributed by atoms with van der Waals surface area (Å²) in [6.45, 7) is 3.37. The molecule has 0 radical (unpaired) electrons. The Hall–Kier alpha value is -3.65. The van der Waals surface area contributed by atoms with Crippen LogP contribution in [0.4, 0.5) is 4.39 Å². The number of nitrogens with zero attached hydrogens (tertiary/aromatic N) is 5. The van der Waals surface area contributed by atoms with Gasteiger partial charge in [-0.2, -0.15) is 0 Å². The zero-order valence-electron chi connectivity index (χ0n) is 20.3. The third-order valence-corrected chi connectivity index (χ3v) is 7.67. The van der Waals surface area contributed by atoms with Crippen molar-refractivity contribution in [3.63, 3.8) is 0 Å². The smallest absolute Gasteiger partial charge is 0.253 e. The Morgan fingerprint density at radius 2 is 1.92 bits per heavy atom. The standard InChI is InChI=1S/C28H29FN6O/c1-18-5-4-6-21-17-24(28(36)30-25(18)21)26(27-31-32-33-35(27)23-7-2-3-8-23)34-15-13-20(14-16-34)19-9-11-22(29)12-10-19/h4-6,9-13,17,23,26H,2-3,7-8,14-16H2,1H3,(H,30,36). The van der Waals surface area contributed by atoms with Crippen LogP contribution in [-0.2, 0) is 0 Å². The van der Waals surface area contributed by atoms with Crippen LogP contribution in [0.5, 0.6) is 0 Å². The van der Waals surface area contributed by atoms with Gasteiger partial charge in [-0.25, -0.2) is 9.07 Å². The molecule has 1 saturated carbocycles. The average molecular weight is 485 g/mol. The predicted octanol–water partition coefficient (Wildman–Crippen LogP) is 4.96. The Labute approximate surface area is 208 Å². The van der Waals surface area contributed by atoms with Gasteiger partial charge in [0.1, 0.15) is 11.9 Å². The maximum Gasteiger partial charge on any atom is 0.253 e. The molecule has 2 aromatic carbocycles. The first kappa shape index (κ1) is 22.8. The Kier molecular flexibility index (Phi) is 5.97. The number of fused-ring (bicyclic) bond motifs is 1. The number of aryl methyl sites for hydroxylation is 1. The van der Waals surface area contributed by atoms with Crippen LogP contribution in [0.15, 0.2) is 59.4 Å². The molecular weight excluding hydrogens is 455 g/mol. The molecule has 184 valence electrons. The summed E-state index contributed by atoms with van der Waals surface area (Å²) in [4.78, 5) is 18.9. The van der Waals surface area contributed by atoms with Gasteiger partial charge in [-0.15, -0.1) is 5.10 Å². The van der Waals surface area contributed by atoms with E-state index in [1.54, 1.807) is 0 Å². The number of hydrogen-bond acceptors (Lipinski definition) is 5. The lowest BCUT2D eigenvalue weighted by Gasteiger charge is -2.33. The maximum atomic E-state index is 13.5. The Morgan fingerprint density at radius 3 is 2.67 bits per heavy atom. The molecule has 3 heterocycles. The van der Waals surface area contributed by atoms with Crippen LogP contribution >= 0.6 is 0 Å². The topological polar surface area (TPSA) is 79.7 Å². The fourth-order valence-corrected chi connectivity index (χ4v) is 5.74. The number of tetrazole rings is 1. The predicted molar refractivity (Wildman–Crippen MR) is 137 cm³/mol. The fourth-order valence-electron chi connectivity index (χ4n) is 5.74. The van der Waals surface area contributed by atoms with Crippen molar-refractivity contribution in [1.29, 1.82) is 0 Å². The molecule has 1 aliphatic heterocycles. The van der Waals surface area contributed by atoms with Crippen LogP contribution in [-0.4, -0.2) is 43.2 Å². The summed E-state index contributed by atoms with van der Waals surface area (Å²) in [5.41, 5.74) is 4.65. The van der Waals surface area contributed by atoms with Crippen LogP contribution < -0.4 is 5.56 Å². The lowest BCUT2D eigenvalue weighted by atomic mass is 9.96. The number of hydrogen-bond donors (Lipinski definition) is 1. The number of para-hydroxylation sites is 1. The van der Waals surface area contributed by atoms with Crippen molar-refractivity contribution in [3.05, 3.63) is 93.3 Å². The van der Waals surface area contributed by atoms with Crippen LogP contribution in [0.3, 0.4) is 0 Å². The maximum absolute atomic E-state index is 13.5. The van der Waals surface area contributed by atoms with Crippen molar-refractivity contribution in [3.8, 4) is 0 Å². The molecule has 6 rings (SSSR count). The Bertz CT molecular complexity index is 1480. The zero-order chi connectivity index (χ0) is 24.6. The summed E-state index contributed by atoms with van der Waals surface area (Å²) in [6.07, 6.45) is 7.39. The van der Waals surface area contributed by atoms with Crippen molar-refractivity contribution in [1.82, 2.24) is 30.1 Å². The summed E-state index contributed by atoms with van der Waals surface area (Å²) in [5.74, 6) is 0.486. The van der Waals surface area contributed by atoms with E-state index in [4.69, 9.17) is 0 Å². The zero-order valence-corrected chi connectivity index (χ0v) is 20.3. The van der Waals surface area contributed by atoms with Gasteiger partial charge in [-0.05, 0) is 76.9 Å². The molecule has 0 bridgehead atoms. The largest absolute Gasteiger partial charge is 0.321 e. The van der Waals surface area contributed by atoms with Crippen molar-refractivity contribution in [2.45, 2.75) is 51.1 Å². The highest BCUT2D eigenvalue weighted by atomic mass is 19.1. The Balaban J connectivity index is 1.43. The third kappa shape index (κ3) is 4.15. The normalized spacial score (nSPS) is 18.0. The SMILES string of the molecule is Cc1cccc2cc(C(c3nnnn3C3CCCC3)N3CC=C(c4ccc(F)cc4)CC3)c(=O)[nH]c12. The molecule has 0 spiro atoms. The van der Waals surface area contributed by atoms with E-state index in [0.717, 1.165) is 66.5 Å². The highest BCUT2D eigenvalue weighted by molar-refractivity contribution is 5.82. The van der Waals surface area contributed by atoms with Gasteiger partial charge in [0.25, 0.3) is 5.56 Å². The van der Waals surface area contributed by atoms with Crippen LogP contribution in [0, 0.1) is 12.7 Å². The molecule has 1 unspecified atom stereocenters. The molecule has 1 N–H and O–H groups in total. The number of pyridine rings is 1. The number of halogens is 1. The van der Waals surface area contributed by atoms with Gasteiger partial charge in [-0.3, -0.25) is 9.69 Å². The van der Waals surface area contributed by atoms with Gasteiger partial charge in [0.2, 0.25) is 0 Å². The van der Waals surface area contributed by atoms with Gasteiger partial charge < -0.3 is 4.98 Å². The second-order valence-electron chi connectivity index (χ2n) is 9.90. The minimum absolute atomic E-state index is 0.115. The van der Waals surface area contributed by atoms with Crippen LogP contribution in [0.25, 0.3) is 16.5 Å². The van der Waals surface area contributed by atoms with Gasteiger partial charge in [0.15, 0.2) is 5.82 Å². The van der Waals surface area contributed by atoms with Crippen LogP contribution in [0.2, 0.25) is 0 Å². The number of benzene rings is 2. The summed E-state index contributed by atoms with van der Waals surface area (Å²) in [6, 6.07) is 14.6.